The van der Waals surface area contributed by atoms with E-state index in [1.54, 1.807) is 20.8 Å². The maximum absolute atomic E-state index is 10.9. The van der Waals surface area contributed by atoms with Gasteiger partial charge in [-0.15, -0.1) is 0 Å². The Morgan fingerprint density at radius 2 is 1.93 bits per heavy atom. The van der Waals surface area contributed by atoms with Crippen molar-refractivity contribution in [2.45, 2.75) is 26.4 Å². The van der Waals surface area contributed by atoms with Gasteiger partial charge in [-0.05, 0) is 0 Å². The Bertz CT molecular complexity index is 306. The van der Waals surface area contributed by atoms with Gasteiger partial charge in [0, 0.05) is 5.60 Å². The van der Waals surface area contributed by atoms with Crippen LogP contribution in [0, 0.1) is 0 Å². The van der Waals surface area contributed by atoms with Crippen molar-refractivity contribution in [2.75, 3.05) is 12.3 Å². The summed E-state index contributed by atoms with van der Waals surface area (Å²) >= 11 is 0. The van der Waals surface area contributed by atoms with Crippen molar-refractivity contribution in [3.63, 3.8) is 0 Å². The van der Waals surface area contributed by atoms with E-state index < -0.39 is 27.6 Å². The Labute approximate surface area is 112 Å². The molecule has 0 aromatic heterocycles. The van der Waals surface area contributed by atoms with E-state index in [1.165, 1.54) is 0 Å². The van der Waals surface area contributed by atoms with Gasteiger partial charge >= 0.3 is 29.6 Å². The van der Waals surface area contributed by atoms with Crippen LogP contribution in [0.3, 0.4) is 0 Å². The third kappa shape index (κ3) is 14.2. The Morgan fingerprint density at radius 1 is 1.47 bits per heavy atom. The molecule has 0 aliphatic rings. The fraction of sp³-hybridized carbons (Fsp3) is 0.857. The predicted octanol–water partition coefficient (Wildman–Crippen LogP) is -3.59. The standard InChI is InChI=1S/C7H15NO5S.Na/c1-7(2,3)13-6(9)8-4-5-14(10,11)12;/h4-5H2,1-3H3,(H,8,9)(H,10,11,12);/q;+1/p-1. The van der Waals surface area contributed by atoms with E-state index in [0.717, 1.165) is 0 Å². The van der Waals surface area contributed by atoms with Crippen LogP contribution in [0.2, 0.25) is 0 Å². The summed E-state index contributed by atoms with van der Waals surface area (Å²) in [5, 5.41) is 10.9. The summed E-state index contributed by atoms with van der Waals surface area (Å²) in [4.78, 5) is 3.29. The van der Waals surface area contributed by atoms with Gasteiger partial charge in [-0.2, -0.15) is 8.42 Å². The van der Waals surface area contributed by atoms with Crippen LogP contribution >= 0.6 is 0 Å². The molecule has 84 valence electrons. The van der Waals surface area contributed by atoms with Crippen molar-refractivity contribution in [2.24, 2.45) is 4.99 Å². The predicted molar refractivity (Wildman–Crippen MR) is 49.6 cm³/mol. The van der Waals surface area contributed by atoms with Crippen LogP contribution in [-0.4, -0.2) is 37.0 Å². The smallest absolute Gasteiger partial charge is 0.595 e. The normalized spacial score (nSPS) is 13.2. The zero-order valence-corrected chi connectivity index (χ0v) is 12.2. The summed E-state index contributed by atoms with van der Waals surface area (Å²) in [6.45, 7) is 4.71. The molecule has 0 unspecified atom stereocenters. The molecule has 0 amide bonds. The van der Waals surface area contributed by atoms with E-state index >= 15 is 0 Å². The fourth-order valence-electron chi connectivity index (χ4n) is 0.546. The van der Waals surface area contributed by atoms with Gasteiger partial charge in [-0.25, -0.2) is 0 Å². The molecule has 0 atom stereocenters. The quantitative estimate of drug-likeness (QED) is 0.240. The first-order valence-electron chi connectivity index (χ1n) is 3.96. The maximum Gasteiger partial charge on any atom is 1.00 e. The molecular formula is C7H14NNaO5S. The van der Waals surface area contributed by atoms with Gasteiger partial charge in [0.15, 0.2) is 0 Å². The van der Waals surface area contributed by atoms with Crippen molar-refractivity contribution >= 4 is 16.2 Å². The first kappa shape index (κ1) is 17.6. The monoisotopic (exact) mass is 247 g/mol. The molecule has 0 aliphatic heterocycles. The van der Waals surface area contributed by atoms with Crippen LogP contribution in [0.5, 0.6) is 0 Å². The molecule has 0 fully saturated rings. The minimum Gasteiger partial charge on any atom is -0.595 e. The Hall–Kier alpha value is 0.180. The van der Waals surface area contributed by atoms with Crippen LogP contribution in [0.1, 0.15) is 20.8 Å². The van der Waals surface area contributed by atoms with Crippen LogP contribution in [0.15, 0.2) is 4.99 Å². The second kappa shape index (κ2) is 6.70. The molecule has 0 aromatic rings. The molecule has 1 N–H and O–H groups in total. The first-order valence-corrected chi connectivity index (χ1v) is 5.57. The molecule has 0 spiro atoms. The molecule has 0 rings (SSSR count). The molecule has 15 heavy (non-hydrogen) atoms. The van der Waals surface area contributed by atoms with Gasteiger partial charge in [0.05, 0.1) is 12.3 Å². The van der Waals surface area contributed by atoms with E-state index in [1.807, 2.05) is 0 Å². The van der Waals surface area contributed by atoms with Gasteiger partial charge in [-0.1, -0.05) is 20.8 Å². The van der Waals surface area contributed by atoms with Crippen LogP contribution in [0.25, 0.3) is 0 Å². The van der Waals surface area contributed by atoms with Gasteiger partial charge < -0.3 is 9.84 Å². The zero-order valence-electron chi connectivity index (χ0n) is 9.35. The van der Waals surface area contributed by atoms with Crippen molar-refractivity contribution in [1.82, 2.24) is 0 Å². The van der Waals surface area contributed by atoms with Gasteiger partial charge in [-0.3, -0.25) is 9.55 Å². The molecule has 0 heterocycles. The summed E-state index contributed by atoms with van der Waals surface area (Å²) in [5.74, 6) is -0.577. The second-order valence-corrected chi connectivity index (χ2v) is 5.22. The van der Waals surface area contributed by atoms with Gasteiger partial charge in [0.2, 0.25) is 0 Å². The molecule has 0 saturated carbocycles. The second-order valence-electron chi connectivity index (χ2n) is 3.65. The molecule has 8 heteroatoms. The van der Waals surface area contributed by atoms with Crippen LogP contribution in [0.4, 0.5) is 0 Å². The van der Waals surface area contributed by atoms with Gasteiger partial charge in [0.1, 0.15) is 6.08 Å². The van der Waals surface area contributed by atoms with Crippen LogP contribution < -0.4 is 34.7 Å². The minimum absolute atomic E-state index is 0. The van der Waals surface area contributed by atoms with E-state index in [2.05, 4.69) is 4.99 Å². The fourth-order valence-corrected chi connectivity index (χ4v) is 0.869. The topological polar surface area (TPSA) is 99.0 Å². The number of hydrogen-bond acceptors (Lipinski definition) is 5. The summed E-state index contributed by atoms with van der Waals surface area (Å²) < 4.78 is 33.6. The first-order chi connectivity index (χ1) is 6.10. The molecular weight excluding hydrogens is 233 g/mol. The SMILES string of the molecule is CC(C)(C)OC([O-])=NCCS(=O)(=O)O.[Na+]. The molecule has 0 aromatic carbocycles. The van der Waals surface area contributed by atoms with E-state index in [4.69, 9.17) is 9.29 Å². The number of ether oxygens (including phenoxy) is 1. The van der Waals surface area contributed by atoms with E-state index in [-0.39, 0.29) is 36.1 Å². The molecule has 6 nitrogen and oxygen atoms in total. The Kier molecular flexibility index (Phi) is 7.84. The number of aliphatic imine (C=N–C) groups is 1. The van der Waals surface area contributed by atoms with Gasteiger partial charge in [0.25, 0.3) is 10.1 Å². The summed E-state index contributed by atoms with van der Waals surface area (Å²) in [5.41, 5.74) is -0.654. The third-order valence-corrected chi connectivity index (χ3v) is 1.68. The van der Waals surface area contributed by atoms with E-state index in [9.17, 15) is 13.5 Å². The maximum atomic E-state index is 10.9. The molecule has 0 aliphatic carbocycles. The van der Waals surface area contributed by atoms with Crippen molar-refractivity contribution < 1.29 is 52.4 Å². The number of nitrogens with zero attached hydrogens (tertiary/aromatic N) is 1. The Morgan fingerprint density at radius 3 is 2.27 bits per heavy atom. The average Bonchev–Trinajstić information content (AvgIpc) is 1.78. The zero-order chi connectivity index (χ0) is 11.4. The third-order valence-electron chi connectivity index (χ3n) is 0.984. The number of hydrogen-bond donors (Lipinski definition) is 1. The molecule has 0 radical (unpaired) electrons. The van der Waals surface area contributed by atoms with Crippen LogP contribution in [-0.2, 0) is 14.9 Å². The van der Waals surface area contributed by atoms with Crippen molar-refractivity contribution in [3.05, 3.63) is 0 Å². The summed E-state index contributed by atoms with van der Waals surface area (Å²) in [6.07, 6.45) is -0.832. The van der Waals surface area contributed by atoms with E-state index in [0.29, 0.717) is 0 Å². The minimum atomic E-state index is -4.07. The summed E-state index contributed by atoms with van der Waals surface area (Å²) in [6, 6.07) is 0. The Balaban J connectivity index is 0. The number of rotatable bonds is 3. The largest absolute Gasteiger partial charge is 1.00 e. The molecule has 0 saturated heterocycles. The van der Waals surface area contributed by atoms with Crippen molar-refractivity contribution in [3.8, 4) is 0 Å². The summed E-state index contributed by atoms with van der Waals surface area (Å²) in [7, 11) is -4.07. The average molecular weight is 247 g/mol. The molecule has 0 bridgehead atoms. The van der Waals surface area contributed by atoms with Crippen molar-refractivity contribution in [1.29, 1.82) is 0 Å².